The van der Waals surface area contributed by atoms with E-state index in [1.54, 1.807) is 18.3 Å². The molecule has 10 nitrogen and oxygen atoms in total. The summed E-state index contributed by atoms with van der Waals surface area (Å²) in [6.45, 7) is 15.1. The molecule has 2 atom stereocenters. The highest BCUT2D eigenvalue weighted by Gasteiger charge is 2.49. The van der Waals surface area contributed by atoms with E-state index in [0.717, 1.165) is 12.4 Å². The molecule has 0 bridgehead atoms. The fraction of sp³-hybridized carbons (Fsp3) is 0.789. The zero-order valence-corrected chi connectivity index (χ0v) is 18.8. The summed E-state index contributed by atoms with van der Waals surface area (Å²) in [7, 11) is 1.70. The van der Waals surface area contributed by atoms with Gasteiger partial charge in [0.2, 0.25) is 0 Å². The molecule has 1 aromatic rings. The van der Waals surface area contributed by atoms with Gasteiger partial charge in [0.25, 0.3) is 0 Å². The van der Waals surface area contributed by atoms with Gasteiger partial charge in [-0.2, -0.15) is 0 Å². The molecule has 0 saturated carbocycles. The van der Waals surface area contributed by atoms with Crippen LogP contribution in [0.5, 0.6) is 0 Å². The minimum atomic E-state index is -0.761. The number of ether oxygens (including phenoxy) is 2. The van der Waals surface area contributed by atoms with Gasteiger partial charge >= 0.3 is 6.09 Å². The number of aliphatic imine (C=N–C) groups is 1. The zero-order valence-electron chi connectivity index (χ0n) is 18.8. The van der Waals surface area contributed by atoms with E-state index in [1.165, 1.54) is 0 Å². The molecule has 2 rings (SSSR count). The molecule has 2 unspecified atom stereocenters. The predicted molar refractivity (Wildman–Crippen MR) is 110 cm³/mol. The van der Waals surface area contributed by atoms with E-state index in [4.69, 9.17) is 9.47 Å². The Morgan fingerprint density at radius 1 is 1.38 bits per heavy atom. The first-order valence-electron chi connectivity index (χ1n) is 9.99. The summed E-state index contributed by atoms with van der Waals surface area (Å²) in [5.74, 6) is 1.43. The van der Waals surface area contributed by atoms with Crippen LogP contribution in [0, 0.1) is 0 Å². The van der Waals surface area contributed by atoms with Crippen LogP contribution in [0.1, 0.15) is 54.3 Å². The summed E-state index contributed by atoms with van der Waals surface area (Å²) in [6.07, 6.45) is 1.15. The van der Waals surface area contributed by atoms with Crippen molar-refractivity contribution in [3.63, 3.8) is 0 Å². The van der Waals surface area contributed by atoms with Crippen LogP contribution in [-0.4, -0.2) is 68.8 Å². The third kappa shape index (κ3) is 5.81. The molecular formula is C19H35N7O3. The molecule has 1 saturated heterocycles. The van der Waals surface area contributed by atoms with Crippen LogP contribution in [0.25, 0.3) is 0 Å². The molecule has 0 spiro atoms. The monoisotopic (exact) mass is 409 g/mol. The maximum absolute atomic E-state index is 12.8. The Hall–Kier alpha value is -2.36. The zero-order chi connectivity index (χ0) is 21.8. The lowest BCUT2D eigenvalue weighted by Gasteiger charge is -2.35. The van der Waals surface area contributed by atoms with Crippen molar-refractivity contribution in [2.45, 2.75) is 85.0 Å². The smallest absolute Gasteiger partial charge is 0.412 e. The molecule has 1 aliphatic rings. The van der Waals surface area contributed by atoms with Crippen LogP contribution >= 0.6 is 0 Å². The number of hydrogen-bond donors (Lipinski definition) is 2. The third-order valence-electron chi connectivity index (χ3n) is 4.67. The Balaban J connectivity index is 2.02. The van der Waals surface area contributed by atoms with Crippen molar-refractivity contribution >= 4 is 12.1 Å². The van der Waals surface area contributed by atoms with Crippen molar-refractivity contribution < 1.29 is 14.3 Å². The summed E-state index contributed by atoms with van der Waals surface area (Å²) >= 11 is 0. The molecule has 1 aromatic heterocycles. The average molecular weight is 410 g/mol. The van der Waals surface area contributed by atoms with E-state index in [0.29, 0.717) is 19.0 Å². The number of aromatic nitrogens is 3. The van der Waals surface area contributed by atoms with E-state index >= 15 is 0 Å². The fourth-order valence-electron chi connectivity index (χ4n) is 3.39. The van der Waals surface area contributed by atoms with E-state index in [1.807, 2.05) is 53.0 Å². The van der Waals surface area contributed by atoms with Crippen molar-refractivity contribution in [1.29, 1.82) is 0 Å². The molecule has 29 heavy (non-hydrogen) atoms. The third-order valence-corrected chi connectivity index (χ3v) is 4.67. The fourth-order valence-corrected chi connectivity index (χ4v) is 3.39. The number of carbonyl (C=O) groups excluding carboxylic acids is 1. The van der Waals surface area contributed by atoms with Crippen molar-refractivity contribution in [3.05, 3.63) is 12.2 Å². The van der Waals surface area contributed by atoms with Gasteiger partial charge in [-0.05, 0) is 48.5 Å². The number of amides is 1. The first-order chi connectivity index (χ1) is 13.5. The lowest BCUT2D eigenvalue weighted by molar-refractivity contribution is -0.0755. The average Bonchev–Trinajstić information content (AvgIpc) is 3.14. The Morgan fingerprint density at radius 3 is 2.66 bits per heavy atom. The van der Waals surface area contributed by atoms with Crippen LogP contribution in [0.3, 0.4) is 0 Å². The van der Waals surface area contributed by atoms with Gasteiger partial charge in [-0.25, -0.2) is 4.79 Å². The van der Waals surface area contributed by atoms with Crippen LogP contribution in [0.4, 0.5) is 4.79 Å². The Kier molecular flexibility index (Phi) is 7.10. The van der Waals surface area contributed by atoms with Crippen LogP contribution in [0.2, 0.25) is 0 Å². The van der Waals surface area contributed by atoms with E-state index in [9.17, 15) is 4.79 Å². The maximum Gasteiger partial charge on any atom is 0.412 e. The summed E-state index contributed by atoms with van der Waals surface area (Å²) in [4.78, 5) is 18.8. The number of nitrogens with one attached hydrogen (secondary N) is 2. The van der Waals surface area contributed by atoms with Crippen molar-refractivity contribution in [2.24, 2.45) is 4.99 Å². The molecule has 2 heterocycles. The van der Waals surface area contributed by atoms with E-state index in [2.05, 4.69) is 25.8 Å². The minimum Gasteiger partial charge on any atom is -0.444 e. The normalized spacial score (nSPS) is 21.9. The molecular weight excluding hydrogens is 374 g/mol. The Morgan fingerprint density at radius 2 is 2.07 bits per heavy atom. The van der Waals surface area contributed by atoms with Crippen molar-refractivity contribution in [1.82, 2.24) is 30.3 Å². The quantitative estimate of drug-likeness (QED) is 0.563. The van der Waals surface area contributed by atoms with Gasteiger partial charge in [0.1, 0.15) is 17.7 Å². The van der Waals surface area contributed by atoms with E-state index < -0.39 is 17.4 Å². The van der Waals surface area contributed by atoms with Crippen LogP contribution in [0.15, 0.2) is 11.3 Å². The molecule has 1 amide bonds. The van der Waals surface area contributed by atoms with Gasteiger partial charge in [-0.15, -0.1) is 10.2 Å². The first kappa shape index (κ1) is 22.9. The second-order valence-electron chi connectivity index (χ2n) is 8.53. The van der Waals surface area contributed by atoms with Crippen LogP contribution in [-0.2, 0) is 22.6 Å². The van der Waals surface area contributed by atoms with Gasteiger partial charge in [0, 0.05) is 20.1 Å². The highest BCUT2D eigenvalue weighted by molar-refractivity contribution is 5.79. The molecule has 0 radical (unpaired) electrons. The molecule has 1 fully saturated rings. The summed E-state index contributed by atoms with van der Waals surface area (Å²) < 4.78 is 13.6. The highest BCUT2D eigenvalue weighted by atomic mass is 16.6. The molecule has 2 N–H and O–H groups in total. The summed E-state index contributed by atoms with van der Waals surface area (Å²) in [6, 6.07) is -0.210. The number of hydrogen-bond acceptors (Lipinski definition) is 6. The number of aryl methyl sites for hydroxylation is 1. The molecule has 1 aliphatic heterocycles. The number of rotatable bonds is 5. The van der Waals surface area contributed by atoms with Crippen LogP contribution < -0.4 is 10.6 Å². The van der Waals surface area contributed by atoms with Crippen molar-refractivity contribution in [2.75, 3.05) is 13.6 Å². The lowest BCUT2D eigenvalue weighted by Crippen LogP contribution is -2.54. The maximum atomic E-state index is 12.8. The Labute approximate surface area is 173 Å². The topological polar surface area (TPSA) is 106 Å². The summed E-state index contributed by atoms with van der Waals surface area (Å²) in [5, 5.41) is 14.5. The minimum absolute atomic E-state index is 0.161. The van der Waals surface area contributed by atoms with Crippen molar-refractivity contribution in [3.8, 4) is 0 Å². The second kappa shape index (κ2) is 8.98. The largest absolute Gasteiger partial charge is 0.444 e. The second-order valence-corrected chi connectivity index (χ2v) is 8.53. The van der Waals surface area contributed by atoms with Gasteiger partial charge < -0.3 is 24.7 Å². The molecule has 10 heteroatoms. The van der Waals surface area contributed by atoms with Gasteiger partial charge in [0.05, 0.1) is 18.7 Å². The Bertz CT molecular complexity index is 724. The number of carbonyl (C=O) groups is 1. The van der Waals surface area contributed by atoms with Gasteiger partial charge in [-0.1, -0.05) is 0 Å². The number of nitrogens with zero attached hydrogens (tertiary/aromatic N) is 5. The number of guanidine groups is 1. The first-order valence-corrected chi connectivity index (χ1v) is 9.99. The predicted octanol–water partition coefficient (Wildman–Crippen LogP) is 1.72. The lowest BCUT2D eigenvalue weighted by atomic mass is 10.1. The van der Waals surface area contributed by atoms with Gasteiger partial charge in [0.15, 0.2) is 11.8 Å². The highest BCUT2D eigenvalue weighted by Crippen LogP contribution is 2.33. The van der Waals surface area contributed by atoms with Gasteiger partial charge in [-0.3, -0.25) is 9.89 Å². The molecule has 0 aliphatic carbocycles. The SMILES string of the molecule is CCn1cnnc1CNC(=NC)NCC1C(C)OC(C)(C)N1C(=O)OC(C)(C)C. The standard InChI is InChI=1S/C19H35N7O3/c1-9-25-12-23-24-15(25)11-22-16(20-8)21-10-14-13(2)28-19(6,7)26(14)17(27)29-18(3,4)5/h12-14H,9-11H2,1-8H3,(H2,20,21,22). The molecule has 0 aromatic carbocycles. The molecule has 164 valence electrons. The summed E-state index contributed by atoms with van der Waals surface area (Å²) in [5.41, 5.74) is -1.34. The van der Waals surface area contributed by atoms with E-state index in [-0.39, 0.29) is 12.1 Å².